The molecule has 0 saturated carbocycles. The molecule has 0 bridgehead atoms. The molecule has 0 unspecified atom stereocenters. The first-order valence-corrected chi connectivity index (χ1v) is 10.1. The topological polar surface area (TPSA) is 105 Å². The molecule has 158 valence electrons. The molecule has 0 N–H and O–H groups in total. The van der Waals surface area contributed by atoms with Crippen molar-refractivity contribution in [1.29, 1.82) is 0 Å². The number of carbonyl (C=O) groups is 2. The van der Waals surface area contributed by atoms with E-state index in [1.807, 2.05) is 0 Å². The van der Waals surface area contributed by atoms with Gasteiger partial charge in [-0.15, -0.1) is 0 Å². The molecule has 0 fully saturated rings. The third-order valence-corrected chi connectivity index (χ3v) is 4.02. The standard InChI is InChI=1S/C19H35NO7/c1-3-25-18(21)17(19(22)26-4-2)27-16-14-12-10-8-6-5-7-9-11-13-15-20(23)24/h17H,3-16H2,1-2H3. The molecule has 0 saturated heterocycles. The number of hydrogen-bond donors (Lipinski definition) is 0. The Morgan fingerprint density at radius 2 is 1.19 bits per heavy atom. The molecule has 0 aliphatic carbocycles. The summed E-state index contributed by atoms with van der Waals surface area (Å²) in [7, 11) is 0. The predicted octanol–water partition coefficient (Wildman–Crippen LogP) is 3.68. The lowest BCUT2D eigenvalue weighted by Crippen LogP contribution is -2.36. The lowest BCUT2D eigenvalue weighted by Gasteiger charge is -2.15. The summed E-state index contributed by atoms with van der Waals surface area (Å²) in [6.45, 7) is 4.12. The zero-order chi connectivity index (χ0) is 20.3. The van der Waals surface area contributed by atoms with Gasteiger partial charge < -0.3 is 14.2 Å². The number of rotatable bonds is 18. The van der Waals surface area contributed by atoms with E-state index in [0.29, 0.717) is 13.0 Å². The van der Waals surface area contributed by atoms with Gasteiger partial charge in [0.25, 0.3) is 6.10 Å². The molecule has 0 atom stereocenters. The minimum absolute atomic E-state index is 0.0786. The van der Waals surface area contributed by atoms with Gasteiger partial charge in [0.15, 0.2) is 0 Å². The number of esters is 2. The van der Waals surface area contributed by atoms with Crippen LogP contribution in [0.15, 0.2) is 0 Å². The smallest absolute Gasteiger partial charge is 0.347 e. The van der Waals surface area contributed by atoms with Crippen molar-refractivity contribution in [3.05, 3.63) is 10.1 Å². The zero-order valence-corrected chi connectivity index (χ0v) is 16.8. The molecule has 27 heavy (non-hydrogen) atoms. The predicted molar refractivity (Wildman–Crippen MR) is 101 cm³/mol. The van der Waals surface area contributed by atoms with Gasteiger partial charge in [0.2, 0.25) is 6.54 Å². The van der Waals surface area contributed by atoms with Crippen LogP contribution in [-0.2, 0) is 23.8 Å². The van der Waals surface area contributed by atoms with Crippen molar-refractivity contribution in [2.75, 3.05) is 26.4 Å². The van der Waals surface area contributed by atoms with Gasteiger partial charge in [-0.3, -0.25) is 10.1 Å². The SMILES string of the molecule is CCOC(=O)C(OCCCCCCCCCCCC[N+](=O)[O-])C(=O)OCC. The first-order chi connectivity index (χ1) is 13.0. The van der Waals surface area contributed by atoms with Crippen LogP contribution in [0.1, 0.15) is 78.1 Å². The maximum Gasteiger partial charge on any atom is 0.347 e. The third-order valence-electron chi connectivity index (χ3n) is 4.02. The first kappa shape index (κ1) is 25.3. The molecule has 0 rings (SSSR count). The van der Waals surface area contributed by atoms with Crippen molar-refractivity contribution in [3.8, 4) is 0 Å². The van der Waals surface area contributed by atoms with Crippen LogP contribution < -0.4 is 0 Å². The Morgan fingerprint density at radius 1 is 0.778 bits per heavy atom. The van der Waals surface area contributed by atoms with Crippen molar-refractivity contribution in [3.63, 3.8) is 0 Å². The van der Waals surface area contributed by atoms with Gasteiger partial charge in [-0.25, -0.2) is 9.59 Å². The van der Waals surface area contributed by atoms with Gasteiger partial charge >= 0.3 is 11.9 Å². The van der Waals surface area contributed by atoms with Gasteiger partial charge in [-0.2, -0.15) is 0 Å². The molecule has 0 radical (unpaired) electrons. The number of nitro groups is 1. The lowest BCUT2D eigenvalue weighted by atomic mass is 10.1. The lowest BCUT2D eigenvalue weighted by molar-refractivity contribution is -0.480. The second kappa shape index (κ2) is 17.7. The van der Waals surface area contributed by atoms with Crippen LogP contribution in [0.5, 0.6) is 0 Å². The fraction of sp³-hybridized carbons (Fsp3) is 0.895. The summed E-state index contributed by atoms with van der Waals surface area (Å²) in [5.74, 6) is -1.40. The minimum Gasteiger partial charge on any atom is -0.464 e. The van der Waals surface area contributed by atoms with Crippen LogP contribution in [0.25, 0.3) is 0 Å². The average Bonchev–Trinajstić information content (AvgIpc) is 2.62. The highest BCUT2D eigenvalue weighted by atomic mass is 16.6. The molecule has 0 aliphatic heterocycles. The van der Waals surface area contributed by atoms with Gasteiger partial charge in [0.1, 0.15) is 0 Å². The fourth-order valence-electron chi connectivity index (χ4n) is 2.63. The van der Waals surface area contributed by atoms with E-state index < -0.39 is 18.0 Å². The van der Waals surface area contributed by atoms with Gasteiger partial charge in [-0.1, -0.05) is 44.9 Å². The van der Waals surface area contributed by atoms with Crippen LogP contribution >= 0.6 is 0 Å². The highest BCUT2D eigenvalue weighted by Crippen LogP contribution is 2.11. The van der Waals surface area contributed by atoms with E-state index in [4.69, 9.17) is 14.2 Å². The Hall–Kier alpha value is -1.70. The van der Waals surface area contributed by atoms with E-state index in [0.717, 1.165) is 57.8 Å². The average molecular weight is 389 g/mol. The van der Waals surface area contributed by atoms with E-state index >= 15 is 0 Å². The highest BCUT2D eigenvalue weighted by molar-refractivity contribution is 5.98. The molecule has 8 nitrogen and oxygen atoms in total. The Bertz CT molecular complexity index is 397. The molecule has 0 amide bonds. The Morgan fingerprint density at radius 3 is 1.59 bits per heavy atom. The van der Waals surface area contributed by atoms with Crippen LogP contribution in [0.2, 0.25) is 0 Å². The monoisotopic (exact) mass is 389 g/mol. The normalized spacial score (nSPS) is 10.8. The largest absolute Gasteiger partial charge is 0.464 e. The highest BCUT2D eigenvalue weighted by Gasteiger charge is 2.30. The molecule has 0 spiro atoms. The summed E-state index contributed by atoms with van der Waals surface area (Å²) in [5.41, 5.74) is 0. The molecule has 0 aromatic carbocycles. The van der Waals surface area contributed by atoms with Crippen LogP contribution in [0, 0.1) is 10.1 Å². The fourth-order valence-corrected chi connectivity index (χ4v) is 2.63. The molecule has 0 aliphatic rings. The molecule has 0 aromatic rings. The Kier molecular flexibility index (Phi) is 16.6. The summed E-state index contributed by atoms with van der Waals surface area (Å²) in [6, 6.07) is 0. The van der Waals surface area contributed by atoms with Gasteiger partial charge in [0, 0.05) is 18.0 Å². The van der Waals surface area contributed by atoms with Crippen LogP contribution in [-0.4, -0.2) is 49.3 Å². The molecule has 0 heterocycles. The second-order valence-electron chi connectivity index (χ2n) is 6.35. The summed E-state index contributed by atoms with van der Waals surface area (Å²) < 4.78 is 15.1. The van der Waals surface area contributed by atoms with Crippen LogP contribution in [0.3, 0.4) is 0 Å². The maximum atomic E-state index is 11.7. The molecule has 8 heteroatoms. The number of hydrogen-bond acceptors (Lipinski definition) is 7. The summed E-state index contributed by atoms with van der Waals surface area (Å²) in [4.78, 5) is 33.4. The van der Waals surface area contributed by atoms with Crippen molar-refractivity contribution < 1.29 is 28.7 Å². The second-order valence-corrected chi connectivity index (χ2v) is 6.35. The Balaban J connectivity index is 3.63. The van der Waals surface area contributed by atoms with Crippen LogP contribution in [0.4, 0.5) is 0 Å². The number of ether oxygens (including phenoxy) is 3. The Labute approximate surface area is 162 Å². The van der Waals surface area contributed by atoms with E-state index in [1.165, 1.54) is 0 Å². The van der Waals surface area contributed by atoms with E-state index in [9.17, 15) is 19.7 Å². The van der Waals surface area contributed by atoms with E-state index in [1.54, 1.807) is 13.8 Å². The summed E-state index contributed by atoms with van der Waals surface area (Å²) in [6.07, 6.45) is 8.77. The van der Waals surface area contributed by atoms with Crippen molar-refractivity contribution >= 4 is 11.9 Å². The number of carbonyl (C=O) groups excluding carboxylic acids is 2. The quantitative estimate of drug-likeness (QED) is 0.116. The van der Waals surface area contributed by atoms with Crippen molar-refractivity contribution in [2.45, 2.75) is 84.2 Å². The zero-order valence-electron chi connectivity index (χ0n) is 16.8. The molecular weight excluding hydrogens is 354 g/mol. The summed E-state index contributed by atoms with van der Waals surface area (Å²) >= 11 is 0. The van der Waals surface area contributed by atoms with Crippen molar-refractivity contribution in [1.82, 2.24) is 0 Å². The number of nitrogens with zero attached hydrogens (tertiary/aromatic N) is 1. The van der Waals surface area contributed by atoms with Gasteiger partial charge in [-0.05, 0) is 26.7 Å². The van der Waals surface area contributed by atoms with Gasteiger partial charge in [0.05, 0.1) is 13.2 Å². The minimum atomic E-state index is -1.29. The maximum absolute atomic E-state index is 11.7. The third kappa shape index (κ3) is 15.1. The number of unbranched alkanes of at least 4 members (excludes halogenated alkanes) is 9. The van der Waals surface area contributed by atoms with E-state index in [2.05, 4.69) is 0 Å². The summed E-state index contributed by atoms with van der Waals surface area (Å²) in [5, 5.41) is 10.2. The van der Waals surface area contributed by atoms with Crippen molar-refractivity contribution in [2.24, 2.45) is 0 Å². The van der Waals surface area contributed by atoms with E-state index in [-0.39, 0.29) is 24.7 Å². The molecule has 0 aromatic heterocycles. The first-order valence-electron chi connectivity index (χ1n) is 10.1. The molecular formula is C19H35NO7.